The van der Waals surface area contributed by atoms with E-state index < -0.39 is 0 Å². The largest absolute Gasteiger partial charge is 0.378 e. The number of rotatable bonds is 3. The van der Waals surface area contributed by atoms with Crippen LogP contribution in [0.15, 0.2) is 49.0 Å². The number of ether oxygens (including phenoxy) is 1. The smallest absolute Gasteiger partial charge is 0.129 e. The van der Waals surface area contributed by atoms with Crippen molar-refractivity contribution in [2.45, 2.75) is 0 Å². The van der Waals surface area contributed by atoms with Gasteiger partial charge in [0, 0.05) is 18.7 Å². The molecule has 20 heavy (non-hydrogen) atoms. The molecule has 0 unspecified atom stereocenters. The molecule has 0 atom stereocenters. The zero-order valence-electron chi connectivity index (χ0n) is 11.5. The minimum atomic E-state index is 0.765. The van der Waals surface area contributed by atoms with Crippen molar-refractivity contribution in [3.8, 4) is 11.3 Å². The van der Waals surface area contributed by atoms with E-state index in [9.17, 15) is 0 Å². The number of hydrogen-bond donors (Lipinski definition) is 0. The van der Waals surface area contributed by atoms with Crippen molar-refractivity contribution >= 4 is 11.9 Å². The number of pyridine rings is 1. The molecule has 3 nitrogen and oxygen atoms in total. The molecule has 0 amide bonds. The molecule has 1 aromatic carbocycles. The van der Waals surface area contributed by atoms with Gasteiger partial charge in [0.15, 0.2) is 0 Å². The van der Waals surface area contributed by atoms with E-state index in [1.54, 1.807) is 0 Å². The number of aromatic nitrogens is 1. The second-order valence-corrected chi connectivity index (χ2v) is 4.81. The van der Waals surface area contributed by atoms with E-state index in [1.807, 2.05) is 24.3 Å². The third kappa shape index (κ3) is 2.73. The Morgan fingerprint density at radius 2 is 1.85 bits per heavy atom. The Morgan fingerprint density at radius 3 is 2.55 bits per heavy atom. The van der Waals surface area contributed by atoms with Crippen molar-refractivity contribution in [1.82, 2.24) is 4.98 Å². The summed E-state index contributed by atoms with van der Waals surface area (Å²) in [6, 6.07) is 14.4. The predicted octanol–water partition coefficient (Wildman–Crippen LogP) is 3.23. The van der Waals surface area contributed by atoms with Crippen LogP contribution in [0.4, 0.5) is 5.82 Å². The Balaban J connectivity index is 2.00. The summed E-state index contributed by atoms with van der Waals surface area (Å²) in [5.74, 6) is 1.00. The lowest BCUT2D eigenvalue weighted by atomic mass is 10.1. The van der Waals surface area contributed by atoms with E-state index in [4.69, 9.17) is 9.72 Å². The molecule has 1 aromatic heterocycles. The Kier molecular flexibility index (Phi) is 3.79. The van der Waals surface area contributed by atoms with Crippen molar-refractivity contribution in [1.29, 1.82) is 0 Å². The van der Waals surface area contributed by atoms with Gasteiger partial charge in [0.2, 0.25) is 0 Å². The van der Waals surface area contributed by atoms with Crippen LogP contribution in [0.5, 0.6) is 0 Å². The van der Waals surface area contributed by atoms with E-state index in [2.05, 4.69) is 35.7 Å². The molecule has 0 aliphatic carbocycles. The molecule has 1 saturated heterocycles. The van der Waals surface area contributed by atoms with Gasteiger partial charge in [-0.05, 0) is 17.7 Å². The lowest BCUT2D eigenvalue weighted by molar-refractivity contribution is 0.122. The summed E-state index contributed by atoms with van der Waals surface area (Å²) in [6.45, 7) is 7.19. The van der Waals surface area contributed by atoms with Gasteiger partial charge in [-0.1, -0.05) is 43.0 Å². The van der Waals surface area contributed by atoms with Crippen molar-refractivity contribution in [2.24, 2.45) is 0 Å². The molecular weight excluding hydrogens is 248 g/mol. The maximum atomic E-state index is 5.40. The zero-order valence-corrected chi connectivity index (χ0v) is 11.5. The third-order valence-electron chi connectivity index (χ3n) is 3.47. The van der Waals surface area contributed by atoms with Crippen LogP contribution < -0.4 is 4.90 Å². The number of nitrogens with zero attached hydrogens (tertiary/aromatic N) is 2. The molecule has 3 rings (SSSR count). The average molecular weight is 266 g/mol. The van der Waals surface area contributed by atoms with E-state index in [1.165, 1.54) is 0 Å². The molecule has 2 heterocycles. The van der Waals surface area contributed by atoms with Crippen LogP contribution in [-0.4, -0.2) is 31.3 Å². The number of morpholine rings is 1. The Bertz CT molecular complexity index is 589. The SMILES string of the molecule is C=Cc1cc(-c2ccccc2)nc(N2CCOCC2)c1. The van der Waals surface area contributed by atoms with Crippen LogP contribution in [-0.2, 0) is 4.74 Å². The highest BCUT2D eigenvalue weighted by molar-refractivity contribution is 5.67. The lowest BCUT2D eigenvalue weighted by Gasteiger charge is -2.28. The highest BCUT2D eigenvalue weighted by Gasteiger charge is 2.14. The van der Waals surface area contributed by atoms with E-state index >= 15 is 0 Å². The summed E-state index contributed by atoms with van der Waals surface area (Å²) >= 11 is 0. The third-order valence-corrected chi connectivity index (χ3v) is 3.47. The van der Waals surface area contributed by atoms with Crippen LogP contribution in [0.1, 0.15) is 5.56 Å². The highest BCUT2D eigenvalue weighted by Crippen LogP contribution is 2.24. The van der Waals surface area contributed by atoms with Gasteiger partial charge in [-0.2, -0.15) is 0 Å². The average Bonchev–Trinajstić information content (AvgIpc) is 2.56. The molecule has 0 radical (unpaired) electrons. The van der Waals surface area contributed by atoms with E-state index in [0.717, 1.165) is 48.9 Å². The number of anilines is 1. The summed E-state index contributed by atoms with van der Waals surface area (Å²) in [4.78, 5) is 7.06. The number of hydrogen-bond acceptors (Lipinski definition) is 3. The van der Waals surface area contributed by atoms with Crippen LogP contribution in [0.3, 0.4) is 0 Å². The molecule has 3 heteroatoms. The first-order valence-corrected chi connectivity index (χ1v) is 6.89. The quantitative estimate of drug-likeness (QED) is 0.853. The van der Waals surface area contributed by atoms with Crippen molar-refractivity contribution < 1.29 is 4.74 Å². The van der Waals surface area contributed by atoms with Crippen LogP contribution in [0, 0.1) is 0 Å². The Morgan fingerprint density at radius 1 is 1.10 bits per heavy atom. The van der Waals surface area contributed by atoms with Gasteiger partial charge < -0.3 is 9.64 Å². The molecule has 0 saturated carbocycles. The monoisotopic (exact) mass is 266 g/mol. The summed E-state index contributed by atoms with van der Waals surface area (Å²) in [5, 5.41) is 0. The zero-order chi connectivity index (χ0) is 13.8. The molecule has 102 valence electrons. The molecule has 1 aliphatic rings. The second-order valence-electron chi connectivity index (χ2n) is 4.81. The number of benzene rings is 1. The van der Waals surface area contributed by atoms with Crippen LogP contribution >= 0.6 is 0 Å². The first-order chi connectivity index (χ1) is 9.86. The van der Waals surface area contributed by atoms with Gasteiger partial charge >= 0.3 is 0 Å². The van der Waals surface area contributed by atoms with Crippen LogP contribution in [0.25, 0.3) is 17.3 Å². The molecule has 0 spiro atoms. The van der Waals surface area contributed by atoms with Gasteiger partial charge in [-0.3, -0.25) is 0 Å². The van der Waals surface area contributed by atoms with Gasteiger partial charge in [0.05, 0.1) is 18.9 Å². The maximum Gasteiger partial charge on any atom is 0.129 e. The summed E-state index contributed by atoms with van der Waals surface area (Å²) in [7, 11) is 0. The summed E-state index contributed by atoms with van der Waals surface area (Å²) < 4.78 is 5.40. The Labute approximate surface area is 119 Å². The summed E-state index contributed by atoms with van der Waals surface area (Å²) in [6.07, 6.45) is 1.87. The topological polar surface area (TPSA) is 25.4 Å². The van der Waals surface area contributed by atoms with Crippen molar-refractivity contribution in [3.05, 3.63) is 54.6 Å². The standard InChI is InChI=1S/C17H18N2O/c1-2-14-12-16(15-6-4-3-5-7-15)18-17(13-14)19-8-10-20-11-9-19/h2-7,12-13H,1,8-11H2. The first-order valence-electron chi connectivity index (χ1n) is 6.89. The minimum Gasteiger partial charge on any atom is -0.378 e. The predicted molar refractivity (Wildman–Crippen MR) is 82.8 cm³/mol. The second kappa shape index (κ2) is 5.88. The van der Waals surface area contributed by atoms with E-state index in [0.29, 0.717) is 0 Å². The molecule has 1 aliphatic heterocycles. The van der Waals surface area contributed by atoms with Crippen molar-refractivity contribution in [3.63, 3.8) is 0 Å². The molecule has 0 bridgehead atoms. The molecule has 2 aromatic rings. The maximum absolute atomic E-state index is 5.40. The van der Waals surface area contributed by atoms with Gasteiger partial charge in [-0.25, -0.2) is 4.98 Å². The van der Waals surface area contributed by atoms with Gasteiger partial charge in [-0.15, -0.1) is 0 Å². The van der Waals surface area contributed by atoms with Crippen molar-refractivity contribution in [2.75, 3.05) is 31.2 Å². The lowest BCUT2D eigenvalue weighted by Crippen LogP contribution is -2.36. The van der Waals surface area contributed by atoms with E-state index in [-0.39, 0.29) is 0 Å². The van der Waals surface area contributed by atoms with Gasteiger partial charge in [0.25, 0.3) is 0 Å². The molecule has 0 N–H and O–H groups in total. The molecule has 1 fully saturated rings. The molecular formula is C17H18N2O. The first kappa shape index (κ1) is 12.9. The Hall–Kier alpha value is -2.13. The van der Waals surface area contributed by atoms with Crippen LogP contribution in [0.2, 0.25) is 0 Å². The fourth-order valence-corrected chi connectivity index (χ4v) is 2.37. The fraction of sp³-hybridized carbons (Fsp3) is 0.235. The normalized spacial score (nSPS) is 15.1. The summed E-state index contributed by atoms with van der Waals surface area (Å²) in [5.41, 5.74) is 3.22. The minimum absolute atomic E-state index is 0.765. The highest BCUT2D eigenvalue weighted by atomic mass is 16.5. The van der Waals surface area contributed by atoms with Gasteiger partial charge in [0.1, 0.15) is 5.82 Å². The fourth-order valence-electron chi connectivity index (χ4n) is 2.37.